The molecule has 5 heteroatoms. The van der Waals surface area contributed by atoms with Crippen molar-refractivity contribution in [1.29, 1.82) is 0 Å². The first-order chi connectivity index (χ1) is 13.7. The van der Waals surface area contributed by atoms with Gasteiger partial charge in [0.1, 0.15) is 12.4 Å². The average molecular weight is 452 g/mol. The van der Waals surface area contributed by atoms with Gasteiger partial charge in [0, 0.05) is 22.1 Å². The van der Waals surface area contributed by atoms with Gasteiger partial charge in [-0.15, -0.1) is 0 Å². The Bertz CT molecular complexity index is 724. The molecule has 0 fully saturated rings. The quantitative estimate of drug-likeness (QED) is 0.346. The van der Waals surface area contributed by atoms with Crippen LogP contribution in [0.3, 0.4) is 0 Å². The lowest BCUT2D eigenvalue weighted by Gasteiger charge is -2.17. The van der Waals surface area contributed by atoms with Crippen molar-refractivity contribution in [3.63, 3.8) is 0 Å². The second-order valence-electron chi connectivity index (χ2n) is 6.88. The molecule has 154 valence electrons. The summed E-state index contributed by atoms with van der Waals surface area (Å²) in [4.78, 5) is 0. The zero-order chi connectivity index (χ0) is 20.2. The van der Waals surface area contributed by atoms with E-state index < -0.39 is 0 Å². The summed E-state index contributed by atoms with van der Waals surface area (Å²) in [6.07, 6.45) is 7.64. The third kappa shape index (κ3) is 7.10. The minimum Gasteiger partial charge on any atom is -0.493 e. The highest BCUT2D eigenvalue weighted by atomic mass is 79.9. The van der Waals surface area contributed by atoms with Gasteiger partial charge in [0.2, 0.25) is 0 Å². The monoisotopic (exact) mass is 451 g/mol. The first-order valence-electron chi connectivity index (χ1n) is 10.1. The van der Waals surface area contributed by atoms with Crippen LogP contribution in [-0.2, 0) is 13.2 Å². The maximum absolute atomic E-state index is 13.9. The predicted octanol–water partition coefficient (Wildman–Crippen LogP) is 6.63. The van der Waals surface area contributed by atoms with E-state index in [1.807, 2.05) is 18.2 Å². The Hall–Kier alpha value is -1.59. The van der Waals surface area contributed by atoms with Crippen molar-refractivity contribution in [2.45, 2.75) is 58.6 Å². The zero-order valence-corrected chi connectivity index (χ0v) is 18.5. The number of hydrogen-bond donors (Lipinski definition) is 1. The van der Waals surface area contributed by atoms with Gasteiger partial charge >= 0.3 is 0 Å². The molecule has 2 aromatic carbocycles. The van der Waals surface area contributed by atoms with Gasteiger partial charge in [-0.05, 0) is 31.2 Å². The first kappa shape index (κ1) is 22.7. The topological polar surface area (TPSA) is 30.5 Å². The summed E-state index contributed by atoms with van der Waals surface area (Å²) >= 11 is 3.61. The van der Waals surface area contributed by atoms with Crippen molar-refractivity contribution >= 4 is 15.9 Å². The van der Waals surface area contributed by atoms with Crippen molar-refractivity contribution in [2.75, 3.05) is 13.7 Å². The Morgan fingerprint density at radius 1 is 1.00 bits per heavy atom. The van der Waals surface area contributed by atoms with Gasteiger partial charge in [0.05, 0.1) is 7.11 Å². The summed E-state index contributed by atoms with van der Waals surface area (Å²) in [6, 6.07) is 10.5. The van der Waals surface area contributed by atoms with Crippen LogP contribution in [0.2, 0.25) is 0 Å². The number of ether oxygens (including phenoxy) is 2. The lowest BCUT2D eigenvalue weighted by molar-refractivity contribution is 0.275. The van der Waals surface area contributed by atoms with Crippen LogP contribution in [0.5, 0.6) is 11.5 Å². The van der Waals surface area contributed by atoms with Crippen molar-refractivity contribution in [2.24, 2.45) is 0 Å². The van der Waals surface area contributed by atoms with Gasteiger partial charge in [-0.3, -0.25) is 0 Å². The molecule has 28 heavy (non-hydrogen) atoms. The van der Waals surface area contributed by atoms with E-state index in [2.05, 4.69) is 28.2 Å². The van der Waals surface area contributed by atoms with Gasteiger partial charge in [0.25, 0.3) is 0 Å². The number of hydrogen-bond acceptors (Lipinski definition) is 3. The highest BCUT2D eigenvalue weighted by Crippen LogP contribution is 2.37. The third-order valence-electron chi connectivity index (χ3n) is 4.73. The molecule has 0 atom stereocenters. The number of halogens is 2. The van der Waals surface area contributed by atoms with Crippen LogP contribution in [0.15, 0.2) is 40.9 Å². The molecule has 0 aliphatic rings. The maximum Gasteiger partial charge on any atom is 0.167 e. The third-order valence-corrected chi connectivity index (χ3v) is 5.47. The van der Waals surface area contributed by atoms with Gasteiger partial charge in [-0.1, -0.05) is 73.2 Å². The average Bonchev–Trinajstić information content (AvgIpc) is 2.70. The molecule has 0 aliphatic carbocycles. The number of methoxy groups -OCH3 is 1. The zero-order valence-electron chi connectivity index (χ0n) is 16.9. The molecule has 2 aromatic rings. The summed E-state index contributed by atoms with van der Waals surface area (Å²) in [5, 5.41) is 3.50. The Balaban J connectivity index is 1.96. The molecule has 0 aromatic heterocycles. The molecule has 2 rings (SSSR count). The van der Waals surface area contributed by atoms with Crippen molar-refractivity contribution in [1.82, 2.24) is 5.32 Å². The summed E-state index contributed by atoms with van der Waals surface area (Å²) in [5.74, 6) is 1.03. The van der Waals surface area contributed by atoms with E-state index in [0.29, 0.717) is 23.6 Å². The van der Waals surface area contributed by atoms with Crippen LogP contribution in [0.1, 0.15) is 56.6 Å². The molecule has 0 saturated heterocycles. The lowest BCUT2D eigenvalue weighted by atomic mass is 10.1. The van der Waals surface area contributed by atoms with Gasteiger partial charge in [-0.25, -0.2) is 4.39 Å². The second-order valence-corrected chi connectivity index (χ2v) is 7.74. The molecule has 0 bridgehead atoms. The summed E-state index contributed by atoms with van der Waals surface area (Å²) < 4.78 is 26.3. The van der Waals surface area contributed by atoms with Gasteiger partial charge in [-0.2, -0.15) is 0 Å². The van der Waals surface area contributed by atoms with Crippen molar-refractivity contribution in [3.05, 3.63) is 57.8 Å². The number of nitrogens with one attached hydrogen (secondary N) is 1. The fourth-order valence-electron chi connectivity index (χ4n) is 3.08. The fraction of sp³-hybridized carbons (Fsp3) is 0.478. The molecule has 0 saturated carbocycles. The van der Waals surface area contributed by atoms with Crippen LogP contribution < -0.4 is 14.8 Å². The van der Waals surface area contributed by atoms with E-state index in [4.69, 9.17) is 9.47 Å². The van der Waals surface area contributed by atoms with Crippen LogP contribution >= 0.6 is 15.9 Å². The molecule has 0 spiro atoms. The summed E-state index contributed by atoms with van der Waals surface area (Å²) in [7, 11) is 1.62. The molecule has 0 heterocycles. The SMILES string of the molecule is CCCCCCCCNCc1c(Br)ccc(OC)c1OCc1ccccc1F. The molecule has 3 nitrogen and oxygen atoms in total. The van der Waals surface area contributed by atoms with Gasteiger partial charge < -0.3 is 14.8 Å². The minimum absolute atomic E-state index is 0.157. The van der Waals surface area contributed by atoms with Crippen LogP contribution in [0, 0.1) is 5.82 Å². The Kier molecular flexibility index (Phi) is 10.4. The maximum atomic E-state index is 13.9. The van der Waals surface area contributed by atoms with Crippen LogP contribution in [-0.4, -0.2) is 13.7 Å². The normalized spacial score (nSPS) is 10.9. The molecule has 0 aliphatic heterocycles. The minimum atomic E-state index is -0.265. The number of benzene rings is 2. The molecule has 0 unspecified atom stereocenters. The Morgan fingerprint density at radius 2 is 1.75 bits per heavy atom. The van der Waals surface area contributed by atoms with Crippen molar-refractivity contribution in [3.8, 4) is 11.5 Å². The highest BCUT2D eigenvalue weighted by Gasteiger charge is 2.15. The standard InChI is InChI=1S/C23H31BrFNO2/c1-3-4-5-6-7-10-15-26-16-19-20(24)13-14-22(27-2)23(19)28-17-18-11-8-9-12-21(18)25/h8-9,11-14,26H,3-7,10,15-17H2,1-2H3. The first-order valence-corrected chi connectivity index (χ1v) is 10.9. The summed E-state index contributed by atoms with van der Waals surface area (Å²) in [6.45, 7) is 4.02. The smallest absolute Gasteiger partial charge is 0.167 e. The molecule has 0 amide bonds. The number of rotatable bonds is 13. The lowest BCUT2D eigenvalue weighted by Crippen LogP contribution is -2.16. The van der Waals surface area contributed by atoms with E-state index in [1.165, 1.54) is 38.2 Å². The fourth-order valence-corrected chi connectivity index (χ4v) is 3.53. The van der Waals surface area contributed by atoms with Crippen molar-refractivity contribution < 1.29 is 13.9 Å². The second kappa shape index (κ2) is 12.8. The van der Waals surface area contributed by atoms with E-state index in [1.54, 1.807) is 19.2 Å². The molecular weight excluding hydrogens is 421 g/mol. The van der Waals surface area contributed by atoms with E-state index in [0.717, 1.165) is 23.0 Å². The largest absolute Gasteiger partial charge is 0.493 e. The Labute approximate surface area is 176 Å². The van der Waals surface area contributed by atoms with Gasteiger partial charge in [0.15, 0.2) is 11.5 Å². The molecule has 0 radical (unpaired) electrons. The van der Waals surface area contributed by atoms with E-state index in [-0.39, 0.29) is 12.4 Å². The Morgan fingerprint density at radius 3 is 2.50 bits per heavy atom. The number of unbranched alkanes of at least 4 members (excludes halogenated alkanes) is 5. The van der Waals surface area contributed by atoms with E-state index >= 15 is 0 Å². The van der Waals surface area contributed by atoms with E-state index in [9.17, 15) is 4.39 Å². The van der Waals surface area contributed by atoms with Crippen LogP contribution in [0.25, 0.3) is 0 Å². The highest BCUT2D eigenvalue weighted by molar-refractivity contribution is 9.10. The summed E-state index contributed by atoms with van der Waals surface area (Å²) in [5.41, 5.74) is 1.51. The molecular formula is C23H31BrFNO2. The van der Waals surface area contributed by atoms with Crippen LogP contribution in [0.4, 0.5) is 4.39 Å². The molecule has 1 N–H and O–H groups in total. The predicted molar refractivity (Wildman–Crippen MR) is 117 cm³/mol.